The van der Waals surface area contributed by atoms with Crippen LogP contribution in [0, 0.1) is 5.82 Å². The summed E-state index contributed by atoms with van der Waals surface area (Å²) in [7, 11) is 0. The average molecular weight is 433 g/mol. The van der Waals surface area contributed by atoms with Gasteiger partial charge in [0.15, 0.2) is 11.2 Å². The van der Waals surface area contributed by atoms with E-state index in [1.54, 1.807) is 12.1 Å². The van der Waals surface area contributed by atoms with Crippen LogP contribution in [0.25, 0.3) is 11.2 Å². The first-order valence-corrected chi connectivity index (χ1v) is 10.0. The molecule has 1 amide bonds. The Hall–Kier alpha value is -4.14. The Labute approximate surface area is 182 Å². The number of amides is 1. The lowest BCUT2D eigenvalue weighted by molar-refractivity contribution is -0.116. The van der Waals surface area contributed by atoms with E-state index in [0.29, 0.717) is 11.3 Å². The first-order chi connectivity index (χ1) is 15.5. The number of halogens is 1. The summed E-state index contributed by atoms with van der Waals surface area (Å²) >= 11 is 0. The Morgan fingerprint density at radius 3 is 2.28 bits per heavy atom. The molecule has 4 rings (SSSR count). The molecule has 0 unspecified atom stereocenters. The molecule has 0 atom stereocenters. The topological polar surface area (TPSA) is 98.9 Å². The Bertz CT molecular complexity index is 1390. The van der Waals surface area contributed by atoms with Crippen molar-refractivity contribution < 1.29 is 9.18 Å². The Kier molecular flexibility index (Phi) is 5.89. The summed E-state index contributed by atoms with van der Waals surface area (Å²) in [6.45, 7) is 1.59. The molecule has 0 spiro atoms. The molecule has 162 valence electrons. The summed E-state index contributed by atoms with van der Waals surface area (Å²) in [5.41, 5.74) is 0.936. The number of carbonyl (C=O) groups is 1. The van der Waals surface area contributed by atoms with Crippen molar-refractivity contribution in [2.45, 2.75) is 26.4 Å². The molecule has 9 heteroatoms. The maximum absolute atomic E-state index is 13.2. The van der Waals surface area contributed by atoms with Gasteiger partial charge in [0.2, 0.25) is 5.91 Å². The number of hydrogen-bond donors (Lipinski definition) is 1. The van der Waals surface area contributed by atoms with Gasteiger partial charge in [-0.1, -0.05) is 31.2 Å². The van der Waals surface area contributed by atoms with E-state index in [1.165, 1.54) is 36.7 Å². The van der Waals surface area contributed by atoms with E-state index in [4.69, 9.17) is 0 Å². The number of carbonyl (C=O) groups excluding carboxylic acids is 1. The van der Waals surface area contributed by atoms with Gasteiger partial charge in [-0.05, 0) is 41.8 Å². The summed E-state index contributed by atoms with van der Waals surface area (Å²) in [5, 5.41) is 2.75. The van der Waals surface area contributed by atoms with Crippen LogP contribution in [0.1, 0.15) is 18.1 Å². The lowest BCUT2D eigenvalue weighted by Gasteiger charge is -2.13. The van der Waals surface area contributed by atoms with Gasteiger partial charge in [-0.2, -0.15) is 0 Å². The molecule has 32 heavy (non-hydrogen) atoms. The standard InChI is InChI=1S/C23H20FN5O3/c1-2-15-5-9-18(10-6-15)27-19(30)14-28-21-20(25-11-12-26-21)22(31)29(23(28)32)13-16-3-7-17(24)8-4-16/h3-12H,2,13-14H2,1H3,(H,27,30). The third-order valence-electron chi connectivity index (χ3n) is 5.05. The first-order valence-electron chi connectivity index (χ1n) is 10.0. The largest absolute Gasteiger partial charge is 0.333 e. The maximum Gasteiger partial charge on any atom is 0.333 e. The number of nitrogens with zero attached hydrogens (tertiary/aromatic N) is 4. The molecule has 8 nitrogen and oxygen atoms in total. The number of anilines is 1. The van der Waals surface area contributed by atoms with Gasteiger partial charge >= 0.3 is 5.69 Å². The van der Waals surface area contributed by atoms with Crippen molar-refractivity contribution in [2.24, 2.45) is 0 Å². The Morgan fingerprint density at radius 1 is 0.938 bits per heavy atom. The fourth-order valence-corrected chi connectivity index (χ4v) is 3.35. The SMILES string of the molecule is CCc1ccc(NC(=O)Cn2c(=O)n(Cc3ccc(F)cc3)c(=O)c3nccnc32)cc1. The van der Waals surface area contributed by atoms with Gasteiger partial charge in [0.1, 0.15) is 12.4 Å². The van der Waals surface area contributed by atoms with Gasteiger partial charge in [0.25, 0.3) is 5.56 Å². The molecule has 0 fully saturated rings. The lowest BCUT2D eigenvalue weighted by atomic mass is 10.1. The zero-order chi connectivity index (χ0) is 22.7. The number of nitrogens with one attached hydrogen (secondary N) is 1. The van der Waals surface area contributed by atoms with Crippen LogP contribution in [-0.4, -0.2) is 25.0 Å². The molecule has 0 aliphatic rings. The molecule has 2 heterocycles. The van der Waals surface area contributed by atoms with Crippen molar-refractivity contribution in [3.63, 3.8) is 0 Å². The highest BCUT2D eigenvalue weighted by molar-refractivity contribution is 5.91. The van der Waals surface area contributed by atoms with Crippen LogP contribution < -0.4 is 16.6 Å². The van der Waals surface area contributed by atoms with Crippen molar-refractivity contribution in [2.75, 3.05) is 5.32 Å². The van der Waals surface area contributed by atoms with Crippen molar-refractivity contribution in [1.82, 2.24) is 19.1 Å². The summed E-state index contributed by atoms with van der Waals surface area (Å²) in [6, 6.07) is 12.9. The van der Waals surface area contributed by atoms with E-state index in [0.717, 1.165) is 21.1 Å². The van der Waals surface area contributed by atoms with Gasteiger partial charge in [0, 0.05) is 18.1 Å². The van der Waals surface area contributed by atoms with Crippen molar-refractivity contribution in [3.05, 3.63) is 98.7 Å². The smallest absolute Gasteiger partial charge is 0.325 e. The summed E-state index contributed by atoms with van der Waals surface area (Å²) < 4.78 is 15.3. The Balaban J connectivity index is 1.71. The van der Waals surface area contributed by atoms with Gasteiger partial charge in [-0.3, -0.25) is 18.7 Å². The fraction of sp³-hybridized carbons (Fsp3) is 0.174. The van der Waals surface area contributed by atoms with Crippen molar-refractivity contribution >= 4 is 22.8 Å². The minimum absolute atomic E-state index is 0.0225. The summed E-state index contributed by atoms with van der Waals surface area (Å²) in [4.78, 5) is 46.9. The molecule has 0 saturated heterocycles. The van der Waals surface area contributed by atoms with Gasteiger partial charge in [-0.15, -0.1) is 0 Å². The Morgan fingerprint density at radius 2 is 1.59 bits per heavy atom. The second kappa shape index (κ2) is 8.93. The second-order valence-corrected chi connectivity index (χ2v) is 7.21. The molecular formula is C23H20FN5O3. The normalized spacial score (nSPS) is 10.9. The second-order valence-electron chi connectivity index (χ2n) is 7.21. The van der Waals surface area contributed by atoms with E-state index >= 15 is 0 Å². The van der Waals surface area contributed by atoms with Gasteiger partial charge < -0.3 is 5.32 Å². The number of aryl methyl sites for hydroxylation is 1. The summed E-state index contributed by atoms with van der Waals surface area (Å²) in [6.07, 6.45) is 3.57. The number of fused-ring (bicyclic) bond motifs is 1. The molecule has 1 N–H and O–H groups in total. The number of hydrogen-bond acceptors (Lipinski definition) is 5. The molecule has 2 aromatic carbocycles. The van der Waals surface area contributed by atoms with E-state index < -0.39 is 23.0 Å². The molecule has 0 aliphatic heterocycles. The zero-order valence-electron chi connectivity index (χ0n) is 17.3. The quantitative estimate of drug-likeness (QED) is 0.503. The monoisotopic (exact) mass is 433 g/mol. The average Bonchev–Trinajstić information content (AvgIpc) is 2.81. The minimum atomic E-state index is -0.705. The highest BCUT2D eigenvalue weighted by Crippen LogP contribution is 2.11. The fourth-order valence-electron chi connectivity index (χ4n) is 3.35. The van der Waals surface area contributed by atoms with E-state index in [2.05, 4.69) is 15.3 Å². The van der Waals surface area contributed by atoms with Crippen LogP contribution in [0.4, 0.5) is 10.1 Å². The minimum Gasteiger partial charge on any atom is -0.325 e. The first kappa shape index (κ1) is 21.1. The highest BCUT2D eigenvalue weighted by Gasteiger charge is 2.17. The van der Waals surface area contributed by atoms with E-state index in [-0.39, 0.29) is 24.3 Å². The molecule has 2 aromatic heterocycles. The third kappa shape index (κ3) is 4.31. The molecule has 0 radical (unpaired) electrons. The predicted octanol–water partition coefficient (Wildman–Crippen LogP) is 2.34. The lowest BCUT2D eigenvalue weighted by Crippen LogP contribution is -2.42. The number of rotatable bonds is 6. The van der Waals surface area contributed by atoms with Crippen LogP contribution in [0.3, 0.4) is 0 Å². The molecule has 4 aromatic rings. The van der Waals surface area contributed by atoms with Crippen LogP contribution in [-0.2, 0) is 24.3 Å². The molecular weight excluding hydrogens is 413 g/mol. The molecule has 0 aliphatic carbocycles. The molecule has 0 bridgehead atoms. The van der Waals surface area contributed by atoms with Crippen LogP contribution in [0.2, 0.25) is 0 Å². The van der Waals surface area contributed by atoms with Crippen LogP contribution >= 0.6 is 0 Å². The van der Waals surface area contributed by atoms with Crippen LogP contribution in [0.15, 0.2) is 70.5 Å². The number of aromatic nitrogens is 4. The maximum atomic E-state index is 13.2. The van der Waals surface area contributed by atoms with Crippen LogP contribution in [0.5, 0.6) is 0 Å². The third-order valence-corrected chi connectivity index (χ3v) is 5.05. The molecule has 0 saturated carbocycles. The van der Waals surface area contributed by atoms with Gasteiger partial charge in [-0.25, -0.2) is 19.2 Å². The zero-order valence-corrected chi connectivity index (χ0v) is 17.3. The predicted molar refractivity (Wildman–Crippen MR) is 118 cm³/mol. The summed E-state index contributed by atoms with van der Waals surface area (Å²) in [5.74, 6) is -0.873. The van der Waals surface area contributed by atoms with Crippen molar-refractivity contribution in [1.29, 1.82) is 0 Å². The van der Waals surface area contributed by atoms with E-state index in [1.807, 2.05) is 19.1 Å². The highest BCUT2D eigenvalue weighted by atomic mass is 19.1. The van der Waals surface area contributed by atoms with Gasteiger partial charge in [0.05, 0.1) is 6.54 Å². The van der Waals surface area contributed by atoms with Crippen molar-refractivity contribution in [3.8, 4) is 0 Å². The number of benzene rings is 2. The van der Waals surface area contributed by atoms with E-state index in [9.17, 15) is 18.8 Å².